The number of hydrogen-bond donors (Lipinski definition) is 1. The normalized spacial score (nSPS) is 32.0. The molecule has 2 unspecified atom stereocenters. The predicted molar refractivity (Wildman–Crippen MR) is 110 cm³/mol. The van der Waals surface area contributed by atoms with Crippen molar-refractivity contribution < 1.29 is 5.21 Å². The molecular formula is C20H39NOS2. The average Bonchev–Trinajstić information content (AvgIpc) is 2.97. The second kappa shape index (κ2) is 8.54. The molecule has 24 heavy (non-hydrogen) atoms. The van der Waals surface area contributed by atoms with Crippen molar-refractivity contribution >= 4 is 23.5 Å². The first kappa shape index (κ1) is 20.9. The van der Waals surface area contributed by atoms with Gasteiger partial charge in [0.25, 0.3) is 0 Å². The molecule has 4 heteroatoms. The SMILES string of the molecule is CC(C)(C)SC1CCC[C@@H]1CN(O)C[C@@H]1CCCC1SC(C)(C)C. The molecule has 0 heterocycles. The zero-order valence-electron chi connectivity index (χ0n) is 16.7. The van der Waals surface area contributed by atoms with Gasteiger partial charge in [-0.15, -0.1) is 0 Å². The first-order valence-corrected chi connectivity index (χ1v) is 11.6. The molecule has 1 N–H and O–H groups in total. The van der Waals surface area contributed by atoms with Crippen LogP contribution in [0.1, 0.15) is 80.1 Å². The lowest BCUT2D eigenvalue weighted by Gasteiger charge is -2.32. The van der Waals surface area contributed by atoms with Crippen LogP contribution in [0.4, 0.5) is 0 Å². The van der Waals surface area contributed by atoms with Crippen molar-refractivity contribution in [3.8, 4) is 0 Å². The Kier molecular flexibility index (Phi) is 7.45. The fourth-order valence-electron chi connectivity index (χ4n) is 4.26. The fraction of sp³-hybridized carbons (Fsp3) is 1.00. The van der Waals surface area contributed by atoms with Crippen LogP contribution in [0.25, 0.3) is 0 Å². The molecule has 2 rings (SSSR count). The van der Waals surface area contributed by atoms with Crippen LogP contribution in [0.15, 0.2) is 0 Å². The lowest BCUT2D eigenvalue weighted by Crippen LogP contribution is -2.36. The minimum absolute atomic E-state index is 0.327. The number of thioether (sulfide) groups is 2. The molecule has 0 aromatic carbocycles. The van der Waals surface area contributed by atoms with Crippen LogP contribution >= 0.6 is 23.5 Å². The van der Waals surface area contributed by atoms with Crippen molar-refractivity contribution in [2.24, 2.45) is 11.8 Å². The summed E-state index contributed by atoms with van der Waals surface area (Å²) in [6, 6.07) is 0. The molecule has 2 aliphatic carbocycles. The molecule has 0 aliphatic heterocycles. The van der Waals surface area contributed by atoms with Gasteiger partial charge in [0.1, 0.15) is 0 Å². The Morgan fingerprint density at radius 3 is 1.46 bits per heavy atom. The number of hydrogen-bond acceptors (Lipinski definition) is 4. The average molecular weight is 374 g/mol. The molecule has 2 fully saturated rings. The van der Waals surface area contributed by atoms with E-state index in [1.54, 1.807) is 5.06 Å². The van der Waals surface area contributed by atoms with Gasteiger partial charge in [-0.25, -0.2) is 0 Å². The quantitative estimate of drug-likeness (QED) is 0.570. The third-order valence-corrected chi connectivity index (χ3v) is 8.34. The molecule has 0 saturated heterocycles. The Balaban J connectivity index is 1.82. The lowest BCUT2D eigenvalue weighted by molar-refractivity contribution is -0.109. The molecule has 0 amide bonds. The van der Waals surface area contributed by atoms with E-state index in [0.29, 0.717) is 21.3 Å². The summed E-state index contributed by atoms with van der Waals surface area (Å²) in [5.74, 6) is 1.32. The molecule has 0 radical (unpaired) electrons. The molecule has 0 bridgehead atoms. The summed E-state index contributed by atoms with van der Waals surface area (Å²) in [5, 5.41) is 13.7. The predicted octanol–water partition coefficient (Wildman–Crippen LogP) is 6.08. The van der Waals surface area contributed by atoms with Crippen LogP contribution in [0.5, 0.6) is 0 Å². The highest BCUT2D eigenvalue weighted by Gasteiger charge is 2.35. The highest BCUT2D eigenvalue weighted by Crippen LogP contribution is 2.43. The molecule has 2 saturated carbocycles. The first-order chi connectivity index (χ1) is 11.0. The van der Waals surface area contributed by atoms with Gasteiger partial charge in [0.05, 0.1) is 0 Å². The Bertz CT molecular complexity index is 352. The number of hydroxylamine groups is 2. The number of nitrogens with zero attached hydrogens (tertiary/aromatic N) is 1. The monoisotopic (exact) mass is 373 g/mol. The van der Waals surface area contributed by atoms with E-state index in [4.69, 9.17) is 0 Å². The van der Waals surface area contributed by atoms with Crippen molar-refractivity contribution in [1.82, 2.24) is 5.06 Å². The van der Waals surface area contributed by atoms with Gasteiger partial charge in [-0.3, -0.25) is 0 Å². The molecule has 2 aliphatic rings. The van der Waals surface area contributed by atoms with Gasteiger partial charge in [0, 0.05) is 33.1 Å². The van der Waals surface area contributed by atoms with Crippen molar-refractivity contribution in [3.63, 3.8) is 0 Å². The highest BCUT2D eigenvalue weighted by molar-refractivity contribution is 8.01. The van der Waals surface area contributed by atoms with Gasteiger partial charge in [-0.1, -0.05) is 54.4 Å². The Morgan fingerprint density at radius 1 is 0.750 bits per heavy atom. The first-order valence-electron chi connectivity index (χ1n) is 9.83. The lowest BCUT2D eigenvalue weighted by atomic mass is 10.1. The van der Waals surface area contributed by atoms with Crippen molar-refractivity contribution in [2.45, 2.75) is 100 Å². The largest absolute Gasteiger partial charge is 0.314 e. The van der Waals surface area contributed by atoms with Gasteiger partial charge >= 0.3 is 0 Å². The molecular weight excluding hydrogens is 334 g/mol. The van der Waals surface area contributed by atoms with E-state index in [2.05, 4.69) is 65.1 Å². The van der Waals surface area contributed by atoms with Gasteiger partial charge < -0.3 is 5.21 Å². The molecule has 0 aromatic rings. The topological polar surface area (TPSA) is 23.5 Å². The number of rotatable bonds is 6. The second-order valence-electron chi connectivity index (χ2n) is 9.79. The van der Waals surface area contributed by atoms with E-state index in [-0.39, 0.29) is 0 Å². The standard InChI is InChI=1S/C20H39NOS2/c1-19(2,3)23-17-11-7-9-15(17)13-21(22)14-16-10-8-12-18(16)24-20(4,5)6/h15-18,22H,7-14H2,1-6H3/t15-,16+,17?,18?. The van der Waals surface area contributed by atoms with Crippen LogP contribution in [0.3, 0.4) is 0 Å². The van der Waals surface area contributed by atoms with E-state index in [1.165, 1.54) is 38.5 Å². The maximum atomic E-state index is 10.6. The van der Waals surface area contributed by atoms with E-state index in [0.717, 1.165) is 23.6 Å². The van der Waals surface area contributed by atoms with E-state index < -0.39 is 0 Å². The Morgan fingerprint density at radius 2 is 1.12 bits per heavy atom. The van der Waals surface area contributed by atoms with Gasteiger partial charge in [-0.05, 0) is 37.5 Å². The molecule has 142 valence electrons. The van der Waals surface area contributed by atoms with E-state index in [1.807, 2.05) is 0 Å². The second-order valence-corrected chi connectivity index (χ2v) is 13.9. The van der Waals surface area contributed by atoms with Crippen LogP contribution in [0, 0.1) is 11.8 Å². The summed E-state index contributed by atoms with van der Waals surface area (Å²) in [4.78, 5) is 0. The third-order valence-electron chi connectivity index (χ3n) is 5.08. The smallest absolute Gasteiger partial charge is 0.0277 e. The zero-order chi connectivity index (χ0) is 18.0. The summed E-state index contributed by atoms with van der Waals surface area (Å²) in [5.41, 5.74) is 0. The van der Waals surface area contributed by atoms with Crippen molar-refractivity contribution in [3.05, 3.63) is 0 Å². The summed E-state index contributed by atoms with van der Waals surface area (Å²) in [7, 11) is 0. The molecule has 0 aromatic heterocycles. The van der Waals surface area contributed by atoms with Gasteiger partial charge in [0.2, 0.25) is 0 Å². The molecule has 0 spiro atoms. The minimum atomic E-state index is 0.327. The Labute approximate surface area is 158 Å². The minimum Gasteiger partial charge on any atom is -0.314 e. The molecule has 2 nitrogen and oxygen atoms in total. The van der Waals surface area contributed by atoms with E-state index >= 15 is 0 Å². The van der Waals surface area contributed by atoms with Crippen molar-refractivity contribution in [2.75, 3.05) is 13.1 Å². The summed E-state index contributed by atoms with van der Waals surface area (Å²) >= 11 is 4.25. The summed E-state index contributed by atoms with van der Waals surface area (Å²) in [6.45, 7) is 15.6. The fourth-order valence-corrected chi connectivity index (χ4v) is 7.47. The van der Waals surface area contributed by atoms with Gasteiger partial charge in [-0.2, -0.15) is 28.6 Å². The molecule has 4 atom stereocenters. The maximum absolute atomic E-state index is 10.6. The summed E-state index contributed by atoms with van der Waals surface area (Å²) < 4.78 is 0.654. The van der Waals surface area contributed by atoms with E-state index in [9.17, 15) is 5.21 Å². The maximum Gasteiger partial charge on any atom is 0.0277 e. The summed E-state index contributed by atoms with van der Waals surface area (Å²) in [6.07, 6.45) is 7.89. The van der Waals surface area contributed by atoms with Crippen LogP contribution < -0.4 is 0 Å². The zero-order valence-corrected chi connectivity index (χ0v) is 18.3. The van der Waals surface area contributed by atoms with Gasteiger partial charge in [0.15, 0.2) is 0 Å². The third kappa shape index (κ3) is 7.09. The Hall–Kier alpha value is 0.620. The van der Waals surface area contributed by atoms with Crippen LogP contribution in [-0.4, -0.2) is 43.4 Å². The highest BCUT2D eigenvalue weighted by atomic mass is 32.2. The van der Waals surface area contributed by atoms with Crippen LogP contribution in [0.2, 0.25) is 0 Å². The van der Waals surface area contributed by atoms with Crippen LogP contribution in [-0.2, 0) is 0 Å². The van der Waals surface area contributed by atoms with Crippen molar-refractivity contribution in [1.29, 1.82) is 0 Å².